The van der Waals surface area contributed by atoms with Crippen molar-refractivity contribution >= 4 is 13.5 Å². The quantitative estimate of drug-likeness (QED) is 0.403. The standard InChI is InChI=1S/C12H22BN2O3/c1-7-10-8(6-15-7)5-12(14,11(16)17)9(10)3-2-4-13-18/h7-10,15,18H,2-6,14H2,1H3,(H,16,17)/t7-,8+,9+,10-,12?/m1/s1. The van der Waals surface area contributed by atoms with Crippen molar-refractivity contribution in [3.8, 4) is 0 Å². The van der Waals surface area contributed by atoms with Crippen LogP contribution >= 0.6 is 0 Å². The highest BCUT2D eigenvalue weighted by Crippen LogP contribution is 2.49. The fraction of sp³-hybridized carbons (Fsp3) is 0.917. The Hall–Kier alpha value is -0.585. The van der Waals surface area contributed by atoms with E-state index in [2.05, 4.69) is 12.2 Å². The molecule has 1 radical (unpaired) electrons. The van der Waals surface area contributed by atoms with Gasteiger partial charge in [-0.15, -0.1) is 0 Å². The molecule has 5 nitrogen and oxygen atoms in total. The molecule has 5 N–H and O–H groups in total. The van der Waals surface area contributed by atoms with Gasteiger partial charge in [-0.25, -0.2) is 0 Å². The predicted molar refractivity (Wildman–Crippen MR) is 69.1 cm³/mol. The average molecular weight is 253 g/mol. The summed E-state index contributed by atoms with van der Waals surface area (Å²) in [5.74, 6) is -0.138. The molecule has 0 amide bonds. The van der Waals surface area contributed by atoms with Gasteiger partial charge in [-0.2, -0.15) is 0 Å². The van der Waals surface area contributed by atoms with Crippen LogP contribution in [0.3, 0.4) is 0 Å². The number of rotatable bonds is 5. The summed E-state index contributed by atoms with van der Waals surface area (Å²) >= 11 is 0. The van der Waals surface area contributed by atoms with Crippen LogP contribution in [0.15, 0.2) is 0 Å². The summed E-state index contributed by atoms with van der Waals surface area (Å²) in [6.45, 7) is 2.99. The van der Waals surface area contributed by atoms with E-state index in [0.29, 0.717) is 30.6 Å². The zero-order valence-corrected chi connectivity index (χ0v) is 10.8. The maximum Gasteiger partial charge on any atom is 0.323 e. The summed E-state index contributed by atoms with van der Waals surface area (Å²) in [5.41, 5.74) is 5.10. The molecule has 0 bridgehead atoms. The normalized spacial score (nSPS) is 42.8. The van der Waals surface area contributed by atoms with Crippen molar-refractivity contribution < 1.29 is 14.9 Å². The summed E-state index contributed by atoms with van der Waals surface area (Å²) < 4.78 is 0. The van der Waals surface area contributed by atoms with E-state index in [-0.39, 0.29) is 5.92 Å². The highest BCUT2D eigenvalue weighted by molar-refractivity contribution is 6.25. The number of carboxylic acids is 1. The van der Waals surface area contributed by atoms with Crippen molar-refractivity contribution in [1.29, 1.82) is 0 Å². The fourth-order valence-electron chi connectivity index (χ4n) is 3.96. The Morgan fingerprint density at radius 2 is 2.33 bits per heavy atom. The molecule has 101 valence electrons. The van der Waals surface area contributed by atoms with Crippen molar-refractivity contribution in [2.75, 3.05) is 6.54 Å². The van der Waals surface area contributed by atoms with Gasteiger partial charge >= 0.3 is 5.97 Å². The molecule has 2 rings (SSSR count). The minimum atomic E-state index is -1.08. The van der Waals surface area contributed by atoms with Crippen LogP contribution in [-0.2, 0) is 4.79 Å². The van der Waals surface area contributed by atoms with Gasteiger partial charge in [0.05, 0.1) is 0 Å². The van der Waals surface area contributed by atoms with Gasteiger partial charge in [0, 0.05) is 6.04 Å². The van der Waals surface area contributed by atoms with Gasteiger partial charge in [0.2, 0.25) is 0 Å². The highest BCUT2D eigenvalue weighted by Gasteiger charge is 2.58. The Labute approximate surface area is 108 Å². The number of carboxylic acid groups (broad SMARTS) is 1. The number of hydrogen-bond donors (Lipinski definition) is 4. The van der Waals surface area contributed by atoms with Crippen LogP contribution in [-0.4, -0.2) is 41.7 Å². The van der Waals surface area contributed by atoms with E-state index in [1.54, 1.807) is 0 Å². The molecular formula is C12H22BN2O3. The zero-order chi connectivity index (χ0) is 13.3. The van der Waals surface area contributed by atoms with E-state index in [4.69, 9.17) is 10.8 Å². The number of hydrogen-bond acceptors (Lipinski definition) is 4. The molecule has 2 aliphatic rings. The Morgan fingerprint density at radius 3 is 2.94 bits per heavy atom. The molecule has 6 heteroatoms. The van der Waals surface area contributed by atoms with Crippen LogP contribution in [0.1, 0.15) is 26.2 Å². The molecule has 2 fully saturated rings. The smallest absolute Gasteiger partial charge is 0.323 e. The van der Waals surface area contributed by atoms with E-state index in [1.807, 2.05) is 0 Å². The van der Waals surface area contributed by atoms with Crippen LogP contribution in [0.25, 0.3) is 0 Å². The second-order valence-corrected chi connectivity index (χ2v) is 5.80. The predicted octanol–water partition coefficient (Wildman–Crippen LogP) is -0.177. The molecular weight excluding hydrogens is 231 g/mol. The first-order valence-corrected chi connectivity index (χ1v) is 6.72. The van der Waals surface area contributed by atoms with Gasteiger partial charge in [-0.1, -0.05) is 12.7 Å². The fourth-order valence-corrected chi connectivity index (χ4v) is 3.96. The molecule has 1 aliphatic heterocycles. The van der Waals surface area contributed by atoms with E-state index in [0.717, 1.165) is 26.9 Å². The molecule has 1 heterocycles. The Balaban J connectivity index is 2.14. The van der Waals surface area contributed by atoms with Crippen LogP contribution in [0, 0.1) is 17.8 Å². The molecule has 0 aromatic heterocycles. The van der Waals surface area contributed by atoms with Crippen molar-refractivity contribution in [1.82, 2.24) is 5.32 Å². The van der Waals surface area contributed by atoms with Gasteiger partial charge in [0.25, 0.3) is 7.48 Å². The Kier molecular flexibility index (Phi) is 3.99. The third-order valence-electron chi connectivity index (χ3n) is 4.80. The molecule has 1 saturated carbocycles. The van der Waals surface area contributed by atoms with Crippen molar-refractivity contribution in [2.45, 2.75) is 44.1 Å². The summed E-state index contributed by atoms with van der Waals surface area (Å²) in [5, 5.41) is 21.6. The summed E-state index contributed by atoms with van der Waals surface area (Å²) in [7, 11) is 1.14. The molecule has 0 aromatic carbocycles. The van der Waals surface area contributed by atoms with E-state index >= 15 is 0 Å². The minimum absolute atomic E-state index is 0.00458. The van der Waals surface area contributed by atoms with Gasteiger partial charge in [0.15, 0.2) is 0 Å². The van der Waals surface area contributed by atoms with Gasteiger partial charge in [-0.05, 0) is 44.1 Å². The summed E-state index contributed by atoms with van der Waals surface area (Å²) in [4.78, 5) is 11.5. The molecule has 0 aromatic rings. The van der Waals surface area contributed by atoms with Crippen molar-refractivity contribution in [3.05, 3.63) is 0 Å². The topological polar surface area (TPSA) is 95.6 Å². The second kappa shape index (κ2) is 5.19. The molecule has 0 spiro atoms. The first-order chi connectivity index (χ1) is 8.50. The van der Waals surface area contributed by atoms with Gasteiger partial charge in [0.1, 0.15) is 5.54 Å². The lowest BCUT2D eigenvalue weighted by atomic mass is 9.76. The number of carbonyl (C=O) groups is 1. The first-order valence-electron chi connectivity index (χ1n) is 6.72. The number of fused-ring (bicyclic) bond motifs is 1. The van der Waals surface area contributed by atoms with Gasteiger partial charge in [-0.3, -0.25) is 4.79 Å². The van der Waals surface area contributed by atoms with Crippen LogP contribution < -0.4 is 11.1 Å². The molecule has 1 unspecified atom stereocenters. The Morgan fingerprint density at radius 1 is 1.61 bits per heavy atom. The SMILES string of the molecule is C[C@H]1NC[C@@H]2CC(N)(C(=O)O)[C@@H](CCC[B]O)[C@@H]21. The first kappa shape index (κ1) is 13.8. The lowest BCUT2D eigenvalue weighted by Crippen LogP contribution is -2.53. The summed E-state index contributed by atoms with van der Waals surface area (Å²) in [6.07, 6.45) is 2.74. The monoisotopic (exact) mass is 253 g/mol. The Bertz CT molecular complexity index is 328. The maximum absolute atomic E-state index is 11.5. The van der Waals surface area contributed by atoms with Crippen molar-refractivity contribution in [2.24, 2.45) is 23.5 Å². The zero-order valence-electron chi connectivity index (χ0n) is 10.8. The minimum Gasteiger partial charge on any atom is -0.480 e. The third kappa shape index (κ3) is 2.17. The number of nitrogens with one attached hydrogen (secondary N) is 1. The highest BCUT2D eigenvalue weighted by atomic mass is 16.4. The lowest BCUT2D eigenvalue weighted by Gasteiger charge is -2.32. The average Bonchev–Trinajstić information content (AvgIpc) is 2.79. The number of nitrogens with two attached hydrogens (primary N) is 1. The third-order valence-corrected chi connectivity index (χ3v) is 4.80. The van der Waals surface area contributed by atoms with Crippen LogP contribution in [0.2, 0.25) is 6.32 Å². The molecule has 18 heavy (non-hydrogen) atoms. The maximum atomic E-state index is 11.5. The van der Waals surface area contributed by atoms with E-state index in [9.17, 15) is 9.90 Å². The molecule has 5 atom stereocenters. The summed E-state index contributed by atoms with van der Waals surface area (Å²) in [6, 6.07) is 0.336. The second-order valence-electron chi connectivity index (χ2n) is 5.80. The van der Waals surface area contributed by atoms with Crippen LogP contribution in [0.4, 0.5) is 0 Å². The van der Waals surface area contributed by atoms with Gasteiger partial charge < -0.3 is 21.2 Å². The van der Waals surface area contributed by atoms with E-state index < -0.39 is 11.5 Å². The van der Waals surface area contributed by atoms with Crippen molar-refractivity contribution in [3.63, 3.8) is 0 Å². The largest absolute Gasteiger partial charge is 0.480 e. The number of aliphatic carboxylic acids is 1. The van der Waals surface area contributed by atoms with Crippen LogP contribution in [0.5, 0.6) is 0 Å². The molecule has 1 saturated heterocycles. The van der Waals surface area contributed by atoms with E-state index in [1.165, 1.54) is 0 Å². The molecule has 1 aliphatic carbocycles. The lowest BCUT2D eigenvalue weighted by molar-refractivity contribution is -0.145.